The first-order valence-corrected chi connectivity index (χ1v) is 8.83. The van der Waals surface area contributed by atoms with Gasteiger partial charge >= 0.3 is 5.97 Å². The van der Waals surface area contributed by atoms with Crippen molar-refractivity contribution in [1.82, 2.24) is 4.90 Å². The van der Waals surface area contributed by atoms with E-state index in [1.54, 1.807) is 0 Å². The van der Waals surface area contributed by atoms with Crippen molar-refractivity contribution in [3.8, 4) is 0 Å². The van der Waals surface area contributed by atoms with E-state index in [4.69, 9.17) is 16.7 Å². The van der Waals surface area contributed by atoms with Crippen LogP contribution in [0.4, 0.5) is 0 Å². The Morgan fingerprint density at radius 3 is 2.57 bits per heavy atom. The second-order valence-electron chi connectivity index (χ2n) is 5.12. The largest absolute Gasteiger partial charge is 0.481 e. The van der Waals surface area contributed by atoms with Crippen LogP contribution in [0.3, 0.4) is 0 Å². The lowest BCUT2D eigenvalue weighted by Crippen LogP contribution is -2.30. The highest BCUT2D eigenvalue weighted by molar-refractivity contribution is 7.91. The highest BCUT2D eigenvalue weighted by Crippen LogP contribution is 2.25. The molecule has 0 aliphatic carbocycles. The van der Waals surface area contributed by atoms with E-state index in [1.165, 1.54) is 30.0 Å². The van der Waals surface area contributed by atoms with Crippen LogP contribution in [0.2, 0.25) is 5.02 Å². The van der Waals surface area contributed by atoms with Gasteiger partial charge in [0.05, 0.1) is 27.2 Å². The molecule has 1 heterocycles. The molecular weight excluding hydrogens is 365 g/mol. The first-order chi connectivity index (χ1) is 10.3. The zero-order chi connectivity index (χ0) is 16.5. The third-order valence-electron chi connectivity index (χ3n) is 3.73. The maximum absolute atomic E-state index is 12.5. The molecule has 23 heavy (non-hydrogen) atoms. The molecule has 1 atom stereocenters. The van der Waals surface area contributed by atoms with Gasteiger partial charge in [0.1, 0.15) is 0 Å². The maximum atomic E-state index is 12.5. The van der Waals surface area contributed by atoms with E-state index in [2.05, 4.69) is 0 Å². The molecule has 0 spiro atoms. The van der Waals surface area contributed by atoms with Gasteiger partial charge in [0, 0.05) is 13.1 Å². The number of sulfone groups is 1. The fraction of sp³-hybridized carbons (Fsp3) is 0.429. The monoisotopic (exact) mass is 381 g/mol. The minimum absolute atomic E-state index is 0. The van der Waals surface area contributed by atoms with Gasteiger partial charge in [-0.25, -0.2) is 8.42 Å². The number of benzene rings is 1. The number of carboxylic acids is 1. The van der Waals surface area contributed by atoms with E-state index >= 15 is 0 Å². The van der Waals surface area contributed by atoms with Crippen molar-refractivity contribution >= 4 is 45.7 Å². The summed E-state index contributed by atoms with van der Waals surface area (Å²) in [6, 6.07) is 4.00. The van der Waals surface area contributed by atoms with Crippen molar-refractivity contribution in [3.05, 3.63) is 28.8 Å². The summed E-state index contributed by atoms with van der Waals surface area (Å²) in [6.07, 6.45) is 0.381. The van der Waals surface area contributed by atoms with Gasteiger partial charge in [-0.1, -0.05) is 18.5 Å². The van der Waals surface area contributed by atoms with Crippen LogP contribution in [-0.2, 0) is 14.6 Å². The maximum Gasteiger partial charge on any atom is 0.308 e. The molecule has 1 aromatic rings. The first-order valence-electron chi connectivity index (χ1n) is 6.80. The summed E-state index contributed by atoms with van der Waals surface area (Å²) in [4.78, 5) is 24.8. The van der Waals surface area contributed by atoms with Crippen molar-refractivity contribution in [2.45, 2.75) is 18.2 Å². The SMILES string of the molecule is CCS(=O)(=O)c1ccc(Cl)c(C(=O)N2CCC(C(=O)O)C2)c1.Cl. The number of likely N-dealkylation sites (tertiary alicyclic amines) is 1. The van der Waals surface area contributed by atoms with Crippen LogP contribution in [0.15, 0.2) is 23.1 Å². The predicted molar refractivity (Wildman–Crippen MR) is 88.1 cm³/mol. The summed E-state index contributed by atoms with van der Waals surface area (Å²) in [5.74, 6) is -2.05. The van der Waals surface area contributed by atoms with Gasteiger partial charge in [-0.3, -0.25) is 9.59 Å². The number of carbonyl (C=O) groups is 2. The van der Waals surface area contributed by atoms with E-state index in [9.17, 15) is 18.0 Å². The minimum Gasteiger partial charge on any atom is -0.481 e. The fourth-order valence-corrected chi connectivity index (χ4v) is 3.45. The van der Waals surface area contributed by atoms with Gasteiger partial charge in [0.25, 0.3) is 5.91 Å². The molecule has 6 nitrogen and oxygen atoms in total. The van der Waals surface area contributed by atoms with Crippen LogP contribution in [0.5, 0.6) is 0 Å². The molecule has 1 N–H and O–H groups in total. The van der Waals surface area contributed by atoms with E-state index in [0.717, 1.165) is 0 Å². The number of halogens is 2. The zero-order valence-corrected chi connectivity index (χ0v) is 14.7. The van der Waals surface area contributed by atoms with Crippen LogP contribution in [-0.4, -0.2) is 49.1 Å². The van der Waals surface area contributed by atoms with Crippen LogP contribution < -0.4 is 0 Å². The Morgan fingerprint density at radius 1 is 1.39 bits per heavy atom. The Balaban J connectivity index is 0.00000264. The standard InChI is InChI=1S/C14H16ClNO5S.ClH/c1-2-22(20,21)10-3-4-12(15)11(7-10)13(17)16-6-5-9(8-16)14(18)19;/h3-4,7,9H,2,5-6,8H2,1H3,(H,18,19);1H. The molecule has 2 rings (SSSR count). The quantitative estimate of drug-likeness (QED) is 0.861. The molecule has 1 saturated heterocycles. The molecule has 1 unspecified atom stereocenters. The molecule has 1 aliphatic heterocycles. The molecule has 9 heteroatoms. The molecule has 0 aromatic heterocycles. The van der Waals surface area contributed by atoms with Gasteiger partial charge in [-0.05, 0) is 24.6 Å². The molecule has 0 saturated carbocycles. The van der Waals surface area contributed by atoms with Crippen molar-refractivity contribution in [3.63, 3.8) is 0 Å². The highest BCUT2D eigenvalue weighted by atomic mass is 35.5. The molecule has 1 fully saturated rings. The lowest BCUT2D eigenvalue weighted by molar-refractivity contribution is -0.141. The third-order valence-corrected chi connectivity index (χ3v) is 5.79. The Kier molecular flexibility index (Phi) is 6.44. The normalized spacial score (nSPS) is 17.7. The van der Waals surface area contributed by atoms with Crippen LogP contribution >= 0.6 is 24.0 Å². The number of carbonyl (C=O) groups excluding carboxylic acids is 1. The Hall–Kier alpha value is -1.31. The van der Waals surface area contributed by atoms with E-state index in [0.29, 0.717) is 13.0 Å². The molecule has 1 aromatic carbocycles. The third kappa shape index (κ3) is 4.16. The summed E-state index contributed by atoms with van der Waals surface area (Å²) in [5, 5.41) is 9.13. The zero-order valence-electron chi connectivity index (χ0n) is 12.4. The topological polar surface area (TPSA) is 91.8 Å². The summed E-state index contributed by atoms with van der Waals surface area (Å²) >= 11 is 6.00. The average Bonchev–Trinajstić information content (AvgIpc) is 2.97. The molecule has 1 amide bonds. The second-order valence-corrected chi connectivity index (χ2v) is 7.81. The molecule has 0 bridgehead atoms. The number of hydrogen-bond acceptors (Lipinski definition) is 4. The minimum atomic E-state index is -3.44. The summed E-state index contributed by atoms with van der Waals surface area (Å²) < 4.78 is 23.8. The van der Waals surface area contributed by atoms with Gasteiger partial charge in [-0.15, -0.1) is 12.4 Å². The van der Waals surface area contributed by atoms with Crippen molar-refractivity contribution in [2.75, 3.05) is 18.8 Å². The van der Waals surface area contributed by atoms with Gasteiger partial charge < -0.3 is 10.0 Å². The van der Waals surface area contributed by atoms with Crippen molar-refractivity contribution in [1.29, 1.82) is 0 Å². The number of amides is 1. The smallest absolute Gasteiger partial charge is 0.308 e. The molecule has 0 radical (unpaired) electrons. The molecular formula is C14H17Cl2NO5S. The van der Waals surface area contributed by atoms with Gasteiger partial charge in [-0.2, -0.15) is 0 Å². The fourth-order valence-electron chi connectivity index (χ4n) is 2.35. The van der Waals surface area contributed by atoms with Crippen molar-refractivity contribution in [2.24, 2.45) is 5.92 Å². The van der Waals surface area contributed by atoms with Crippen LogP contribution in [0.1, 0.15) is 23.7 Å². The predicted octanol–water partition coefficient (Wildman–Crippen LogP) is 2.10. The number of aliphatic carboxylic acids is 1. The highest BCUT2D eigenvalue weighted by Gasteiger charge is 2.32. The van der Waals surface area contributed by atoms with Crippen LogP contribution in [0.25, 0.3) is 0 Å². The second kappa shape index (κ2) is 7.51. The summed E-state index contributed by atoms with van der Waals surface area (Å²) in [6.45, 7) is 1.94. The van der Waals surface area contributed by atoms with E-state index in [1.807, 2.05) is 0 Å². The summed E-state index contributed by atoms with van der Waals surface area (Å²) in [5.41, 5.74) is 0.0854. The number of carboxylic acid groups (broad SMARTS) is 1. The molecule has 128 valence electrons. The summed E-state index contributed by atoms with van der Waals surface area (Å²) in [7, 11) is -3.44. The van der Waals surface area contributed by atoms with Gasteiger partial charge in [0.15, 0.2) is 9.84 Å². The molecule has 1 aliphatic rings. The average molecular weight is 382 g/mol. The number of rotatable bonds is 4. The van der Waals surface area contributed by atoms with Crippen molar-refractivity contribution < 1.29 is 23.1 Å². The Morgan fingerprint density at radius 2 is 2.04 bits per heavy atom. The van der Waals surface area contributed by atoms with Crippen LogP contribution in [0, 0.1) is 5.92 Å². The Bertz CT molecular complexity index is 720. The number of nitrogens with zero attached hydrogens (tertiary/aromatic N) is 1. The Labute approximate surface area is 145 Å². The number of hydrogen-bond donors (Lipinski definition) is 1. The lowest BCUT2D eigenvalue weighted by Gasteiger charge is -2.17. The van der Waals surface area contributed by atoms with E-state index < -0.39 is 27.6 Å². The lowest BCUT2D eigenvalue weighted by atomic mass is 10.1. The first kappa shape index (κ1) is 19.7. The van der Waals surface area contributed by atoms with Gasteiger partial charge in [0.2, 0.25) is 0 Å². The van der Waals surface area contributed by atoms with E-state index in [-0.39, 0.29) is 40.2 Å².